The molecule has 0 aliphatic carbocycles. The fraction of sp³-hybridized carbons (Fsp3) is 0.481. The van der Waals surface area contributed by atoms with Crippen LogP contribution in [0.1, 0.15) is 77.8 Å². The Morgan fingerprint density at radius 1 is 1.12 bits per heavy atom. The first-order valence-electron chi connectivity index (χ1n) is 11.8. The number of carbonyl (C=O) groups excluding carboxylic acids is 2. The second-order valence-corrected chi connectivity index (χ2v) is 8.78. The third kappa shape index (κ3) is 4.37. The van der Waals surface area contributed by atoms with Crippen LogP contribution < -0.4 is 10.1 Å². The number of hydrogen-bond acceptors (Lipinski definition) is 5. The van der Waals surface area contributed by atoms with Crippen molar-refractivity contribution in [2.24, 2.45) is 0 Å². The molecular formula is C27H33NO4. The minimum atomic E-state index is -0.350. The lowest BCUT2D eigenvalue weighted by Gasteiger charge is -2.27. The van der Waals surface area contributed by atoms with Crippen molar-refractivity contribution in [2.75, 3.05) is 26.3 Å². The van der Waals surface area contributed by atoms with Gasteiger partial charge in [-0.2, -0.15) is 0 Å². The number of ether oxygens (including phenoxy) is 2. The molecular weight excluding hydrogens is 402 g/mol. The van der Waals surface area contributed by atoms with E-state index in [0.717, 1.165) is 50.1 Å². The molecule has 1 N–H and O–H groups in total. The average Bonchev–Trinajstić information content (AvgIpc) is 3.24. The maximum Gasteiger partial charge on any atom is 0.166 e. The number of fused-ring (bicyclic) bond motifs is 1. The average molecular weight is 436 g/mol. The van der Waals surface area contributed by atoms with E-state index in [0.29, 0.717) is 36.3 Å². The molecule has 0 bridgehead atoms. The largest absolute Gasteiger partial charge is 0.491 e. The molecule has 2 aromatic rings. The summed E-state index contributed by atoms with van der Waals surface area (Å²) in [6.45, 7) is 6.93. The number of Topliss-reactive ketones (excluding diaryl/α,β-unsaturated/α-hetero) is 2. The first kappa shape index (κ1) is 22.7. The molecule has 0 aromatic heterocycles. The van der Waals surface area contributed by atoms with Gasteiger partial charge in [-0.3, -0.25) is 9.59 Å². The summed E-state index contributed by atoms with van der Waals surface area (Å²) < 4.78 is 11.9. The standard InChI is InChI=1S/C27H33NO4/c1-3-24(29)22-15-19(25(30)12-8-11-21-17-28-13-14-31-21)16-23-26(22)32-18-27(23,4-2)20-9-6-5-7-10-20/h5-7,9-10,15-16,21,28H,3-4,8,11-14,17-18H2,1-2H3/t21-,27?/m0/s1. The molecule has 5 heteroatoms. The lowest BCUT2D eigenvalue weighted by atomic mass is 9.73. The van der Waals surface area contributed by atoms with Crippen molar-refractivity contribution < 1.29 is 19.1 Å². The SMILES string of the molecule is CCC(=O)c1cc(C(=O)CCC[C@H]2CNCCO2)cc2c1OCC2(CC)c1ccccc1. The van der Waals surface area contributed by atoms with Gasteiger partial charge in [0.2, 0.25) is 0 Å². The Labute approximate surface area is 190 Å². The van der Waals surface area contributed by atoms with Crippen molar-refractivity contribution in [3.63, 3.8) is 0 Å². The fourth-order valence-electron chi connectivity index (χ4n) is 4.90. The number of carbonyl (C=O) groups is 2. The van der Waals surface area contributed by atoms with E-state index in [-0.39, 0.29) is 23.1 Å². The van der Waals surface area contributed by atoms with E-state index < -0.39 is 0 Å². The van der Waals surface area contributed by atoms with Gasteiger partial charge in [0, 0.05) is 37.1 Å². The van der Waals surface area contributed by atoms with Crippen LogP contribution in [0, 0.1) is 0 Å². The van der Waals surface area contributed by atoms with E-state index in [1.807, 2.05) is 31.2 Å². The molecule has 2 heterocycles. The van der Waals surface area contributed by atoms with Gasteiger partial charge in [0.1, 0.15) is 12.4 Å². The minimum Gasteiger partial charge on any atom is -0.491 e. The zero-order chi connectivity index (χ0) is 22.6. The predicted octanol–water partition coefficient (Wildman–Crippen LogP) is 4.71. The summed E-state index contributed by atoms with van der Waals surface area (Å²) in [5.41, 5.74) is 2.93. The van der Waals surface area contributed by atoms with Crippen molar-refractivity contribution in [1.82, 2.24) is 5.32 Å². The fourth-order valence-corrected chi connectivity index (χ4v) is 4.90. The van der Waals surface area contributed by atoms with Crippen LogP contribution in [0.3, 0.4) is 0 Å². The van der Waals surface area contributed by atoms with Crippen LogP contribution in [0.2, 0.25) is 0 Å². The molecule has 32 heavy (non-hydrogen) atoms. The van der Waals surface area contributed by atoms with Crippen LogP contribution in [0.15, 0.2) is 42.5 Å². The van der Waals surface area contributed by atoms with E-state index in [1.165, 1.54) is 0 Å². The Hall–Kier alpha value is -2.50. The van der Waals surface area contributed by atoms with Gasteiger partial charge in [0.15, 0.2) is 11.6 Å². The summed E-state index contributed by atoms with van der Waals surface area (Å²) in [7, 11) is 0. The Morgan fingerprint density at radius 3 is 2.62 bits per heavy atom. The second-order valence-electron chi connectivity index (χ2n) is 8.78. The Kier molecular flexibility index (Phi) is 7.07. The predicted molar refractivity (Wildman–Crippen MR) is 125 cm³/mol. The summed E-state index contributed by atoms with van der Waals surface area (Å²) in [5.74, 6) is 0.741. The van der Waals surface area contributed by atoms with Crippen molar-refractivity contribution in [1.29, 1.82) is 0 Å². The second kappa shape index (κ2) is 9.97. The number of morpholine rings is 1. The molecule has 2 aliphatic heterocycles. The maximum atomic E-state index is 13.2. The molecule has 0 radical (unpaired) electrons. The molecule has 2 aliphatic rings. The quantitative estimate of drug-likeness (QED) is 0.578. The van der Waals surface area contributed by atoms with Gasteiger partial charge in [0.05, 0.1) is 23.7 Å². The maximum absolute atomic E-state index is 13.2. The van der Waals surface area contributed by atoms with Crippen LogP contribution in [0.4, 0.5) is 0 Å². The molecule has 170 valence electrons. The van der Waals surface area contributed by atoms with Crippen LogP contribution in [-0.2, 0) is 10.2 Å². The monoisotopic (exact) mass is 435 g/mol. The van der Waals surface area contributed by atoms with Gasteiger partial charge in [-0.1, -0.05) is 44.2 Å². The normalized spacial score (nSPS) is 22.2. The van der Waals surface area contributed by atoms with Crippen molar-refractivity contribution >= 4 is 11.6 Å². The number of hydrogen-bond donors (Lipinski definition) is 1. The topological polar surface area (TPSA) is 64.6 Å². The lowest BCUT2D eigenvalue weighted by molar-refractivity contribution is 0.0222. The Bertz CT molecular complexity index is 965. The molecule has 1 saturated heterocycles. The summed E-state index contributed by atoms with van der Waals surface area (Å²) in [4.78, 5) is 26.0. The van der Waals surface area contributed by atoms with Crippen molar-refractivity contribution in [3.05, 3.63) is 64.7 Å². The highest BCUT2D eigenvalue weighted by molar-refractivity contribution is 6.04. The molecule has 1 unspecified atom stereocenters. The van der Waals surface area contributed by atoms with Gasteiger partial charge in [-0.15, -0.1) is 0 Å². The number of ketones is 2. The van der Waals surface area contributed by atoms with Crippen molar-refractivity contribution in [2.45, 2.75) is 57.5 Å². The highest BCUT2D eigenvalue weighted by Crippen LogP contribution is 2.48. The molecule has 5 nitrogen and oxygen atoms in total. The molecule has 0 amide bonds. The summed E-state index contributed by atoms with van der Waals surface area (Å²) >= 11 is 0. The molecule has 2 aromatic carbocycles. The van der Waals surface area contributed by atoms with E-state index in [4.69, 9.17) is 9.47 Å². The van der Waals surface area contributed by atoms with Gasteiger partial charge in [-0.05, 0) is 37.0 Å². The number of benzene rings is 2. The summed E-state index contributed by atoms with van der Waals surface area (Å²) in [6.07, 6.45) is 3.46. The first-order chi connectivity index (χ1) is 15.6. The Balaban J connectivity index is 1.64. The van der Waals surface area contributed by atoms with E-state index >= 15 is 0 Å². The van der Waals surface area contributed by atoms with Gasteiger partial charge in [-0.25, -0.2) is 0 Å². The number of nitrogens with one attached hydrogen (secondary N) is 1. The Morgan fingerprint density at radius 2 is 1.94 bits per heavy atom. The number of rotatable bonds is 9. The van der Waals surface area contributed by atoms with Gasteiger partial charge < -0.3 is 14.8 Å². The van der Waals surface area contributed by atoms with Crippen LogP contribution in [0.5, 0.6) is 5.75 Å². The highest BCUT2D eigenvalue weighted by atomic mass is 16.5. The molecule has 4 rings (SSSR count). The zero-order valence-corrected chi connectivity index (χ0v) is 19.1. The third-order valence-corrected chi connectivity index (χ3v) is 6.88. The van der Waals surface area contributed by atoms with Crippen LogP contribution in [-0.4, -0.2) is 44.0 Å². The minimum absolute atomic E-state index is 0.0116. The molecule has 0 saturated carbocycles. The van der Waals surface area contributed by atoms with Crippen LogP contribution in [0.25, 0.3) is 0 Å². The van der Waals surface area contributed by atoms with E-state index in [1.54, 1.807) is 6.07 Å². The van der Waals surface area contributed by atoms with Gasteiger partial charge >= 0.3 is 0 Å². The lowest BCUT2D eigenvalue weighted by Crippen LogP contribution is -2.38. The first-order valence-corrected chi connectivity index (χ1v) is 11.8. The molecule has 0 spiro atoms. The van der Waals surface area contributed by atoms with E-state index in [2.05, 4.69) is 24.4 Å². The smallest absolute Gasteiger partial charge is 0.166 e. The van der Waals surface area contributed by atoms with Gasteiger partial charge in [0.25, 0.3) is 0 Å². The van der Waals surface area contributed by atoms with Crippen molar-refractivity contribution in [3.8, 4) is 5.75 Å². The van der Waals surface area contributed by atoms with E-state index in [9.17, 15) is 9.59 Å². The highest BCUT2D eigenvalue weighted by Gasteiger charge is 2.43. The molecule has 1 fully saturated rings. The summed E-state index contributed by atoms with van der Waals surface area (Å²) in [6, 6.07) is 14.0. The van der Waals surface area contributed by atoms with Crippen LogP contribution >= 0.6 is 0 Å². The zero-order valence-electron chi connectivity index (χ0n) is 19.1. The third-order valence-electron chi connectivity index (χ3n) is 6.88. The summed E-state index contributed by atoms with van der Waals surface area (Å²) in [5, 5.41) is 3.33. The molecule has 2 atom stereocenters.